The summed E-state index contributed by atoms with van der Waals surface area (Å²) in [5.41, 5.74) is 0.142. The summed E-state index contributed by atoms with van der Waals surface area (Å²) in [7, 11) is 0. The number of hydrogen-bond acceptors (Lipinski definition) is 7. The first-order valence-corrected chi connectivity index (χ1v) is 11.8. The van der Waals surface area contributed by atoms with Gasteiger partial charge in [0.15, 0.2) is 0 Å². The van der Waals surface area contributed by atoms with Gasteiger partial charge in [-0.2, -0.15) is 0 Å². The predicted octanol–water partition coefficient (Wildman–Crippen LogP) is 6.60. The minimum absolute atomic E-state index is 0.0614. The van der Waals surface area contributed by atoms with E-state index in [2.05, 4.69) is 42.4 Å². The number of hydrogen-bond donors (Lipinski definition) is 1. The van der Waals surface area contributed by atoms with Crippen LogP contribution in [-0.2, 0) is 9.53 Å². The van der Waals surface area contributed by atoms with E-state index in [1.165, 1.54) is 11.9 Å². The van der Waals surface area contributed by atoms with Crippen molar-refractivity contribution in [2.45, 2.75) is 90.7 Å². The lowest BCUT2D eigenvalue weighted by Crippen LogP contribution is -2.35. The van der Waals surface area contributed by atoms with Crippen molar-refractivity contribution in [1.82, 2.24) is 9.97 Å². The van der Waals surface area contributed by atoms with Crippen molar-refractivity contribution in [1.29, 1.82) is 0 Å². The molecule has 176 valence electrons. The molecule has 0 amide bonds. The molecule has 0 saturated carbocycles. The molecule has 0 spiro atoms. The van der Waals surface area contributed by atoms with Gasteiger partial charge in [-0.05, 0) is 102 Å². The number of benzene rings is 1. The fraction of sp³-hybridized carbons (Fsp3) is 0.560. The van der Waals surface area contributed by atoms with Crippen molar-refractivity contribution in [3.63, 3.8) is 0 Å². The molecular weight excluding hydrogens is 422 g/mol. The van der Waals surface area contributed by atoms with E-state index in [0.717, 1.165) is 29.1 Å². The molecule has 7 heteroatoms. The number of carbonyl (C=O) groups excluding carboxylic acids is 1. The van der Waals surface area contributed by atoms with Crippen molar-refractivity contribution in [3.05, 3.63) is 42.2 Å². The highest BCUT2D eigenvalue weighted by atomic mass is 32.2. The maximum atomic E-state index is 12.1. The largest absolute Gasteiger partial charge is 0.488 e. The number of nitrogens with zero attached hydrogens (tertiary/aromatic N) is 2. The van der Waals surface area contributed by atoms with Gasteiger partial charge in [0.25, 0.3) is 0 Å². The van der Waals surface area contributed by atoms with Crippen LogP contribution in [0.5, 0.6) is 5.75 Å². The summed E-state index contributed by atoms with van der Waals surface area (Å²) in [6, 6.07) is 7.95. The molecule has 0 fully saturated rings. The van der Waals surface area contributed by atoms with E-state index < -0.39 is 5.60 Å². The van der Waals surface area contributed by atoms with Crippen LogP contribution in [0.2, 0.25) is 0 Å². The minimum atomic E-state index is -0.448. The van der Waals surface area contributed by atoms with Gasteiger partial charge in [0.2, 0.25) is 5.95 Å². The van der Waals surface area contributed by atoms with Gasteiger partial charge in [-0.1, -0.05) is 13.8 Å². The van der Waals surface area contributed by atoms with Gasteiger partial charge < -0.3 is 9.47 Å². The van der Waals surface area contributed by atoms with Crippen molar-refractivity contribution in [2.24, 2.45) is 5.41 Å². The average Bonchev–Trinajstić information content (AvgIpc) is 2.65. The van der Waals surface area contributed by atoms with Crippen molar-refractivity contribution < 1.29 is 14.3 Å². The molecule has 2 rings (SSSR count). The topological polar surface area (TPSA) is 73.3 Å². The van der Waals surface area contributed by atoms with Gasteiger partial charge in [-0.15, -0.1) is 0 Å². The van der Waals surface area contributed by atoms with Gasteiger partial charge >= 0.3 is 5.97 Å². The Bertz CT molecular complexity index is 873. The highest BCUT2D eigenvalue weighted by molar-refractivity contribution is 8.00. The van der Waals surface area contributed by atoms with Gasteiger partial charge in [-0.25, -0.2) is 9.97 Å². The van der Waals surface area contributed by atoms with Crippen LogP contribution in [0.4, 0.5) is 5.95 Å². The number of ether oxygens (including phenoxy) is 2. The molecule has 0 bridgehead atoms. The Kier molecular flexibility index (Phi) is 8.57. The van der Waals surface area contributed by atoms with E-state index >= 15 is 0 Å². The van der Waals surface area contributed by atoms with E-state index in [9.17, 15) is 4.79 Å². The molecular formula is C25H37N3O3S. The molecule has 1 heterocycles. The summed E-state index contributed by atoms with van der Waals surface area (Å²) in [5.74, 6) is 1.24. The highest BCUT2D eigenvalue weighted by Gasteiger charge is 2.31. The number of carbonyl (C=O) groups is 1. The van der Waals surface area contributed by atoms with Gasteiger partial charge in [0, 0.05) is 23.7 Å². The Morgan fingerprint density at radius 2 is 1.59 bits per heavy atom. The molecule has 0 radical (unpaired) electrons. The zero-order valence-corrected chi connectivity index (χ0v) is 21.4. The number of nitrogens with one attached hydrogen (secondary N) is 1. The van der Waals surface area contributed by atoms with E-state index in [-0.39, 0.29) is 17.0 Å². The summed E-state index contributed by atoms with van der Waals surface area (Å²) in [6.45, 7) is 16.1. The molecule has 0 aliphatic carbocycles. The van der Waals surface area contributed by atoms with Crippen LogP contribution in [0.1, 0.15) is 73.3 Å². The SMILES string of the molecule is Cc1cnc(NSc2ccc(OC(C)(C)CC(C)(C)CCC(=O)OC(C)(C)C)cc2)nc1. The first-order chi connectivity index (χ1) is 14.7. The van der Waals surface area contributed by atoms with E-state index in [1.54, 1.807) is 12.4 Å². The van der Waals surface area contributed by atoms with Crippen LogP contribution < -0.4 is 9.46 Å². The zero-order valence-electron chi connectivity index (χ0n) is 20.6. The van der Waals surface area contributed by atoms with Crippen LogP contribution in [0.25, 0.3) is 0 Å². The van der Waals surface area contributed by atoms with Gasteiger partial charge in [0.05, 0.1) is 0 Å². The third kappa shape index (κ3) is 9.90. The van der Waals surface area contributed by atoms with Crippen LogP contribution in [0.3, 0.4) is 0 Å². The van der Waals surface area contributed by atoms with Crippen molar-refractivity contribution >= 4 is 23.9 Å². The van der Waals surface area contributed by atoms with Gasteiger partial charge in [-0.3, -0.25) is 9.52 Å². The summed E-state index contributed by atoms with van der Waals surface area (Å²) in [5, 5.41) is 0. The van der Waals surface area contributed by atoms with Crippen LogP contribution in [-0.4, -0.2) is 27.1 Å². The first-order valence-electron chi connectivity index (χ1n) is 11.0. The van der Waals surface area contributed by atoms with E-state index in [1.807, 2.05) is 52.0 Å². The first kappa shape index (κ1) is 26.0. The molecule has 2 aromatic rings. The zero-order chi connectivity index (χ0) is 24.0. The predicted molar refractivity (Wildman–Crippen MR) is 131 cm³/mol. The Morgan fingerprint density at radius 1 is 1.00 bits per heavy atom. The lowest BCUT2D eigenvalue weighted by Gasteiger charge is -2.35. The Morgan fingerprint density at radius 3 is 2.16 bits per heavy atom. The second kappa shape index (κ2) is 10.6. The summed E-state index contributed by atoms with van der Waals surface area (Å²) < 4.78 is 14.9. The molecule has 1 aromatic heterocycles. The molecule has 0 aliphatic heterocycles. The Hall–Kier alpha value is -2.28. The second-order valence-corrected chi connectivity index (χ2v) is 11.4. The molecule has 6 nitrogen and oxygen atoms in total. The number of aryl methyl sites for hydroxylation is 1. The minimum Gasteiger partial charge on any atom is -0.488 e. The quantitative estimate of drug-likeness (QED) is 0.317. The molecule has 1 aromatic carbocycles. The lowest BCUT2D eigenvalue weighted by atomic mass is 9.78. The molecule has 32 heavy (non-hydrogen) atoms. The summed E-state index contributed by atoms with van der Waals surface area (Å²) in [6.07, 6.45) is 5.53. The third-order valence-electron chi connectivity index (χ3n) is 4.59. The smallest absolute Gasteiger partial charge is 0.306 e. The van der Waals surface area contributed by atoms with Crippen molar-refractivity contribution in [2.75, 3.05) is 4.72 Å². The van der Waals surface area contributed by atoms with Crippen LogP contribution >= 0.6 is 11.9 Å². The second-order valence-electron chi connectivity index (χ2n) is 10.5. The molecule has 1 N–H and O–H groups in total. The number of esters is 1. The number of aromatic nitrogens is 2. The summed E-state index contributed by atoms with van der Waals surface area (Å²) in [4.78, 5) is 21.6. The van der Waals surface area contributed by atoms with E-state index in [4.69, 9.17) is 9.47 Å². The van der Waals surface area contributed by atoms with E-state index in [0.29, 0.717) is 12.4 Å². The normalized spacial score (nSPS) is 12.4. The maximum absolute atomic E-state index is 12.1. The number of anilines is 1. The van der Waals surface area contributed by atoms with Crippen molar-refractivity contribution in [3.8, 4) is 5.75 Å². The summed E-state index contributed by atoms with van der Waals surface area (Å²) >= 11 is 1.45. The fourth-order valence-electron chi connectivity index (χ4n) is 3.55. The lowest BCUT2D eigenvalue weighted by molar-refractivity contribution is -0.155. The molecule has 0 saturated heterocycles. The Balaban J connectivity index is 1.85. The highest BCUT2D eigenvalue weighted by Crippen LogP contribution is 2.35. The standard InChI is InChI=1S/C25H37N3O3S/c1-18-15-26-22(27-16-18)28-32-20-11-9-19(10-12-20)30-25(7,8)17-24(5,6)14-13-21(29)31-23(2,3)4/h9-12,15-16H,13-14,17H2,1-8H3,(H,26,27,28). The number of rotatable bonds is 10. The van der Waals surface area contributed by atoms with Gasteiger partial charge in [0.1, 0.15) is 17.0 Å². The monoisotopic (exact) mass is 459 g/mol. The maximum Gasteiger partial charge on any atom is 0.306 e. The van der Waals surface area contributed by atoms with Crippen LogP contribution in [0.15, 0.2) is 41.6 Å². The fourth-order valence-corrected chi connectivity index (χ4v) is 4.14. The molecule has 0 unspecified atom stereocenters. The Labute approximate surface area is 197 Å². The third-order valence-corrected chi connectivity index (χ3v) is 5.38. The van der Waals surface area contributed by atoms with Crippen LogP contribution in [0, 0.1) is 12.3 Å². The average molecular weight is 460 g/mol. The molecule has 0 aliphatic rings. The molecule has 0 atom stereocenters.